The van der Waals surface area contributed by atoms with Crippen molar-refractivity contribution in [3.8, 4) is 0 Å². The maximum Gasteiger partial charge on any atom is 0.417 e. The summed E-state index contributed by atoms with van der Waals surface area (Å²) in [6.07, 6.45) is -4.71. The standard InChI is InChI=1S/C21H22F3N3O4S/c22-21(23,24)18-9-5-4-8-17(18)20(29)27-14-12-26(13-15-27)19(28)10-11-25-32(30,31)16-6-2-1-3-7-16/h1-9,25H,10-15H2. The van der Waals surface area contributed by atoms with E-state index in [1.54, 1.807) is 18.2 Å². The first kappa shape index (κ1) is 23.7. The van der Waals surface area contributed by atoms with E-state index in [2.05, 4.69) is 4.72 Å². The smallest absolute Gasteiger partial charge is 0.339 e. The van der Waals surface area contributed by atoms with E-state index in [0.717, 1.165) is 12.1 Å². The number of halogens is 3. The van der Waals surface area contributed by atoms with Gasteiger partial charge < -0.3 is 9.80 Å². The van der Waals surface area contributed by atoms with Crippen LogP contribution in [0.1, 0.15) is 22.3 Å². The Bertz CT molecular complexity index is 1070. The van der Waals surface area contributed by atoms with E-state index in [9.17, 15) is 31.2 Å². The highest BCUT2D eigenvalue weighted by atomic mass is 32.2. The van der Waals surface area contributed by atoms with Gasteiger partial charge in [0.2, 0.25) is 15.9 Å². The first-order valence-corrected chi connectivity index (χ1v) is 11.4. The van der Waals surface area contributed by atoms with Gasteiger partial charge in [-0.05, 0) is 24.3 Å². The van der Waals surface area contributed by atoms with Crippen LogP contribution in [-0.2, 0) is 21.0 Å². The van der Waals surface area contributed by atoms with Gasteiger partial charge in [-0.3, -0.25) is 9.59 Å². The number of benzene rings is 2. The fraction of sp³-hybridized carbons (Fsp3) is 0.333. The molecule has 0 saturated carbocycles. The lowest BCUT2D eigenvalue weighted by Gasteiger charge is -2.35. The van der Waals surface area contributed by atoms with Gasteiger partial charge in [-0.25, -0.2) is 13.1 Å². The van der Waals surface area contributed by atoms with E-state index in [0.29, 0.717) is 0 Å². The molecule has 1 N–H and O–H groups in total. The summed E-state index contributed by atoms with van der Waals surface area (Å²) >= 11 is 0. The molecule has 0 atom stereocenters. The molecule has 0 aromatic heterocycles. The van der Waals surface area contributed by atoms with Crippen molar-refractivity contribution in [3.63, 3.8) is 0 Å². The fourth-order valence-corrected chi connectivity index (χ4v) is 4.43. The average Bonchev–Trinajstić information content (AvgIpc) is 2.78. The third kappa shape index (κ3) is 5.65. The highest BCUT2D eigenvalue weighted by Crippen LogP contribution is 2.32. The van der Waals surface area contributed by atoms with Crippen LogP contribution in [0.2, 0.25) is 0 Å². The lowest BCUT2D eigenvalue weighted by molar-refractivity contribution is -0.138. The van der Waals surface area contributed by atoms with Crippen LogP contribution in [0, 0.1) is 0 Å². The van der Waals surface area contributed by atoms with Crippen molar-refractivity contribution in [2.24, 2.45) is 0 Å². The highest BCUT2D eigenvalue weighted by Gasteiger charge is 2.36. The molecule has 11 heteroatoms. The second-order valence-electron chi connectivity index (χ2n) is 7.18. The molecule has 1 aliphatic heterocycles. The second-order valence-corrected chi connectivity index (χ2v) is 8.94. The van der Waals surface area contributed by atoms with E-state index in [1.165, 1.54) is 34.1 Å². The van der Waals surface area contributed by atoms with E-state index in [-0.39, 0.29) is 49.9 Å². The van der Waals surface area contributed by atoms with Crippen LogP contribution in [0.25, 0.3) is 0 Å². The van der Waals surface area contributed by atoms with Crippen molar-refractivity contribution in [2.75, 3.05) is 32.7 Å². The lowest BCUT2D eigenvalue weighted by Crippen LogP contribution is -2.51. The average molecular weight is 469 g/mol. The minimum absolute atomic E-state index is 0.0725. The number of hydrogen-bond acceptors (Lipinski definition) is 4. The zero-order valence-corrected chi connectivity index (χ0v) is 17.8. The SMILES string of the molecule is O=C(CCNS(=O)(=O)c1ccccc1)N1CCN(C(=O)c2ccccc2C(F)(F)F)CC1. The Labute approximate surface area is 183 Å². The number of nitrogens with zero attached hydrogens (tertiary/aromatic N) is 2. The van der Waals surface area contributed by atoms with Crippen LogP contribution in [0.5, 0.6) is 0 Å². The molecule has 7 nitrogen and oxygen atoms in total. The molecule has 0 radical (unpaired) electrons. The topological polar surface area (TPSA) is 86.8 Å². The predicted molar refractivity (Wildman–Crippen MR) is 110 cm³/mol. The van der Waals surface area contributed by atoms with Crippen molar-refractivity contribution in [2.45, 2.75) is 17.5 Å². The van der Waals surface area contributed by atoms with Gasteiger partial charge >= 0.3 is 6.18 Å². The van der Waals surface area contributed by atoms with Gasteiger partial charge in [-0.1, -0.05) is 30.3 Å². The number of carbonyl (C=O) groups is 2. The molecule has 0 unspecified atom stereocenters. The van der Waals surface area contributed by atoms with Gasteiger partial charge in [0.25, 0.3) is 5.91 Å². The maximum absolute atomic E-state index is 13.2. The number of piperazine rings is 1. The van der Waals surface area contributed by atoms with Crippen LogP contribution >= 0.6 is 0 Å². The van der Waals surface area contributed by atoms with Crippen LogP contribution in [0.3, 0.4) is 0 Å². The zero-order chi connectivity index (χ0) is 23.4. The van der Waals surface area contributed by atoms with Crippen molar-refractivity contribution < 1.29 is 31.2 Å². The Morgan fingerprint density at radius 1 is 0.875 bits per heavy atom. The summed E-state index contributed by atoms with van der Waals surface area (Å²) in [5, 5.41) is 0. The predicted octanol–water partition coefficient (Wildman–Crippen LogP) is 2.36. The van der Waals surface area contributed by atoms with Crippen molar-refractivity contribution >= 4 is 21.8 Å². The van der Waals surface area contributed by atoms with Gasteiger partial charge in [-0.15, -0.1) is 0 Å². The van der Waals surface area contributed by atoms with E-state index >= 15 is 0 Å². The summed E-state index contributed by atoms with van der Waals surface area (Å²) in [6.45, 7) is 0.404. The molecular formula is C21H22F3N3O4S. The van der Waals surface area contributed by atoms with Gasteiger partial charge in [-0.2, -0.15) is 13.2 Å². The Morgan fingerprint density at radius 2 is 1.44 bits per heavy atom. The number of alkyl halides is 3. The van der Waals surface area contributed by atoms with Gasteiger partial charge in [0, 0.05) is 39.1 Å². The molecule has 2 aromatic carbocycles. The molecule has 0 aliphatic carbocycles. The summed E-state index contributed by atoms with van der Waals surface area (Å²) in [5.74, 6) is -1.04. The number of rotatable bonds is 6. The van der Waals surface area contributed by atoms with Crippen LogP contribution in [0.4, 0.5) is 13.2 Å². The number of hydrogen-bond donors (Lipinski definition) is 1. The van der Waals surface area contributed by atoms with Gasteiger partial charge in [0.1, 0.15) is 0 Å². The minimum Gasteiger partial charge on any atom is -0.339 e. The Hall–Kier alpha value is -2.92. The summed E-state index contributed by atoms with van der Waals surface area (Å²) < 4.78 is 66.3. The molecule has 32 heavy (non-hydrogen) atoms. The van der Waals surface area contributed by atoms with Crippen molar-refractivity contribution in [1.82, 2.24) is 14.5 Å². The Balaban J connectivity index is 1.52. The Kier molecular flexibility index (Phi) is 7.19. The monoisotopic (exact) mass is 469 g/mol. The highest BCUT2D eigenvalue weighted by molar-refractivity contribution is 7.89. The van der Waals surface area contributed by atoms with Crippen molar-refractivity contribution in [1.29, 1.82) is 0 Å². The summed E-state index contributed by atoms with van der Waals surface area (Å²) in [6, 6.07) is 12.4. The molecule has 172 valence electrons. The van der Waals surface area contributed by atoms with Gasteiger partial charge in [0.15, 0.2) is 0 Å². The molecule has 0 spiro atoms. The summed E-state index contributed by atoms with van der Waals surface area (Å²) in [5.41, 5.74) is -1.41. The molecule has 1 aliphatic rings. The molecule has 2 aromatic rings. The van der Waals surface area contributed by atoms with E-state index in [4.69, 9.17) is 0 Å². The van der Waals surface area contributed by atoms with E-state index < -0.39 is 33.2 Å². The molecule has 1 heterocycles. The molecule has 0 bridgehead atoms. The third-order valence-electron chi connectivity index (χ3n) is 5.07. The molecular weight excluding hydrogens is 447 g/mol. The number of nitrogens with one attached hydrogen (secondary N) is 1. The molecule has 1 saturated heterocycles. The minimum atomic E-state index is -4.64. The quantitative estimate of drug-likeness (QED) is 0.704. The van der Waals surface area contributed by atoms with E-state index in [1.807, 2.05) is 0 Å². The Morgan fingerprint density at radius 3 is 2.06 bits per heavy atom. The largest absolute Gasteiger partial charge is 0.417 e. The lowest BCUT2D eigenvalue weighted by atomic mass is 10.1. The number of sulfonamides is 1. The summed E-state index contributed by atoms with van der Waals surface area (Å²) in [7, 11) is -3.72. The zero-order valence-electron chi connectivity index (χ0n) is 17.0. The molecule has 1 fully saturated rings. The molecule has 2 amide bonds. The van der Waals surface area contributed by atoms with Crippen molar-refractivity contribution in [3.05, 3.63) is 65.7 Å². The first-order chi connectivity index (χ1) is 15.1. The number of carbonyl (C=O) groups excluding carboxylic acids is 2. The third-order valence-corrected chi connectivity index (χ3v) is 6.54. The summed E-state index contributed by atoms with van der Waals surface area (Å²) in [4.78, 5) is 27.8. The van der Waals surface area contributed by atoms with Gasteiger partial charge in [0.05, 0.1) is 16.0 Å². The number of amides is 2. The fourth-order valence-electron chi connectivity index (χ4n) is 3.38. The van der Waals surface area contributed by atoms with Crippen LogP contribution < -0.4 is 4.72 Å². The first-order valence-electron chi connectivity index (χ1n) is 9.87. The maximum atomic E-state index is 13.2. The van der Waals surface area contributed by atoms with Crippen LogP contribution in [-0.4, -0.2) is 62.8 Å². The normalized spacial score (nSPS) is 15.0. The second kappa shape index (κ2) is 9.70. The van der Waals surface area contributed by atoms with Crippen LogP contribution in [0.15, 0.2) is 59.5 Å². The molecule has 3 rings (SSSR count).